The van der Waals surface area contributed by atoms with Crippen molar-refractivity contribution in [1.29, 1.82) is 0 Å². The maximum Gasteiger partial charge on any atom is 0.318 e. The minimum absolute atomic E-state index is 0.254. The first-order valence-corrected chi connectivity index (χ1v) is 6.16. The first kappa shape index (κ1) is 12.4. The van der Waals surface area contributed by atoms with Crippen LogP contribution in [-0.4, -0.2) is 27.1 Å². The van der Waals surface area contributed by atoms with Crippen molar-refractivity contribution in [2.75, 3.05) is 8.86 Å². The Morgan fingerprint density at radius 2 is 1.50 bits per heavy atom. The van der Waals surface area contributed by atoms with Gasteiger partial charge in [-0.05, 0) is 0 Å². The standard InChI is InChI=1S/C6H8I2O4/c1-4(11-5(9)2-7)12-6(10)3-8/h4H,2-3H2,1H3. The number of carbonyl (C=O) groups excluding carboxylic acids is 2. The summed E-state index contributed by atoms with van der Waals surface area (Å²) in [6, 6.07) is 0. The number of hydrogen-bond donors (Lipinski definition) is 0. The zero-order valence-electron chi connectivity index (χ0n) is 6.38. The van der Waals surface area contributed by atoms with Gasteiger partial charge < -0.3 is 9.47 Å². The van der Waals surface area contributed by atoms with Crippen molar-refractivity contribution in [2.24, 2.45) is 0 Å². The average molecular weight is 398 g/mol. The number of halogens is 2. The first-order chi connectivity index (χ1) is 5.60. The fraction of sp³-hybridized carbons (Fsp3) is 0.667. The lowest BCUT2D eigenvalue weighted by molar-refractivity contribution is -0.180. The number of esters is 2. The van der Waals surface area contributed by atoms with Crippen molar-refractivity contribution in [1.82, 2.24) is 0 Å². The van der Waals surface area contributed by atoms with Crippen molar-refractivity contribution < 1.29 is 19.1 Å². The van der Waals surface area contributed by atoms with Gasteiger partial charge in [-0.15, -0.1) is 0 Å². The lowest BCUT2D eigenvalue weighted by Crippen LogP contribution is -2.22. The van der Waals surface area contributed by atoms with Crippen LogP contribution >= 0.6 is 45.2 Å². The van der Waals surface area contributed by atoms with E-state index in [2.05, 4.69) is 9.47 Å². The van der Waals surface area contributed by atoms with Crippen LogP contribution in [0.4, 0.5) is 0 Å². The second kappa shape index (κ2) is 6.87. The van der Waals surface area contributed by atoms with Gasteiger partial charge in [-0.2, -0.15) is 0 Å². The predicted octanol–water partition coefficient (Wildman–Crippen LogP) is 1.29. The predicted molar refractivity (Wildman–Crippen MR) is 59.4 cm³/mol. The third kappa shape index (κ3) is 5.98. The second-order valence-electron chi connectivity index (χ2n) is 1.81. The molecule has 4 nitrogen and oxygen atoms in total. The number of ether oxygens (including phenoxy) is 2. The molecule has 70 valence electrons. The molecule has 0 rings (SSSR count). The van der Waals surface area contributed by atoms with Gasteiger partial charge in [-0.1, -0.05) is 45.2 Å². The normalized spacial score (nSPS) is 9.67. The van der Waals surface area contributed by atoms with Crippen LogP contribution < -0.4 is 0 Å². The Morgan fingerprint density at radius 1 is 1.17 bits per heavy atom. The summed E-state index contributed by atoms with van der Waals surface area (Å²) in [5.41, 5.74) is 0. The molecule has 0 aromatic carbocycles. The van der Waals surface area contributed by atoms with E-state index in [0.717, 1.165) is 0 Å². The van der Waals surface area contributed by atoms with E-state index in [1.807, 2.05) is 45.2 Å². The lowest BCUT2D eigenvalue weighted by Gasteiger charge is -2.11. The molecular formula is C6H8I2O4. The monoisotopic (exact) mass is 398 g/mol. The summed E-state index contributed by atoms with van der Waals surface area (Å²) in [4.78, 5) is 21.3. The average Bonchev–Trinajstić information content (AvgIpc) is 2.03. The van der Waals surface area contributed by atoms with Gasteiger partial charge in [0.05, 0.1) is 8.86 Å². The summed E-state index contributed by atoms with van der Waals surface area (Å²) in [5.74, 6) is -0.770. The van der Waals surface area contributed by atoms with E-state index in [1.165, 1.54) is 6.92 Å². The smallest absolute Gasteiger partial charge is 0.318 e. The van der Waals surface area contributed by atoms with Gasteiger partial charge in [0, 0.05) is 6.92 Å². The minimum Gasteiger partial charge on any atom is -0.425 e. The molecule has 6 heteroatoms. The van der Waals surface area contributed by atoms with Gasteiger partial charge in [0.25, 0.3) is 0 Å². The van der Waals surface area contributed by atoms with E-state index < -0.39 is 6.29 Å². The molecule has 0 saturated heterocycles. The summed E-state index contributed by atoms with van der Waals surface area (Å²) < 4.78 is 9.87. The number of hydrogen-bond acceptors (Lipinski definition) is 4. The molecule has 0 aliphatic carbocycles. The fourth-order valence-electron chi connectivity index (χ4n) is 0.457. The maximum atomic E-state index is 10.7. The summed E-state index contributed by atoms with van der Waals surface area (Å²) >= 11 is 3.75. The SMILES string of the molecule is CC(OC(=O)CI)OC(=O)CI. The number of rotatable bonds is 4. The molecule has 0 radical (unpaired) electrons. The van der Waals surface area contributed by atoms with E-state index in [1.54, 1.807) is 0 Å². The Bertz CT molecular complexity index is 153. The van der Waals surface area contributed by atoms with E-state index in [4.69, 9.17) is 0 Å². The van der Waals surface area contributed by atoms with Gasteiger partial charge in [0.2, 0.25) is 6.29 Å². The Balaban J connectivity index is 3.66. The van der Waals surface area contributed by atoms with Crippen LogP contribution in [0.5, 0.6) is 0 Å². The summed E-state index contributed by atoms with van der Waals surface area (Å²) in [5, 5.41) is 0. The van der Waals surface area contributed by atoms with Crippen molar-refractivity contribution in [3.8, 4) is 0 Å². The minimum atomic E-state index is -0.783. The van der Waals surface area contributed by atoms with Crippen LogP contribution in [0.2, 0.25) is 0 Å². The molecule has 0 unspecified atom stereocenters. The van der Waals surface area contributed by atoms with Gasteiger partial charge in [-0.25, -0.2) is 0 Å². The molecule has 0 heterocycles. The van der Waals surface area contributed by atoms with Gasteiger partial charge >= 0.3 is 11.9 Å². The zero-order valence-corrected chi connectivity index (χ0v) is 10.7. The quantitative estimate of drug-likeness (QED) is 0.310. The molecular weight excluding hydrogens is 390 g/mol. The Morgan fingerprint density at radius 3 is 1.75 bits per heavy atom. The number of carbonyl (C=O) groups is 2. The third-order valence-electron chi connectivity index (χ3n) is 0.813. The van der Waals surface area contributed by atoms with Crippen LogP contribution in [0.1, 0.15) is 6.92 Å². The highest BCUT2D eigenvalue weighted by atomic mass is 127. The number of alkyl halides is 2. The van der Waals surface area contributed by atoms with Gasteiger partial charge in [-0.3, -0.25) is 9.59 Å². The van der Waals surface area contributed by atoms with Crippen molar-refractivity contribution in [2.45, 2.75) is 13.2 Å². The Kier molecular flexibility index (Phi) is 7.10. The molecule has 0 spiro atoms. The molecule has 0 aliphatic heterocycles. The van der Waals surface area contributed by atoms with Gasteiger partial charge in [0.1, 0.15) is 0 Å². The van der Waals surface area contributed by atoms with Crippen LogP contribution in [0.25, 0.3) is 0 Å². The van der Waals surface area contributed by atoms with Crippen molar-refractivity contribution in [3.05, 3.63) is 0 Å². The summed E-state index contributed by atoms with van der Waals surface area (Å²) in [6.45, 7) is 1.51. The summed E-state index contributed by atoms with van der Waals surface area (Å²) in [7, 11) is 0. The highest BCUT2D eigenvalue weighted by Gasteiger charge is 2.11. The molecule has 0 atom stereocenters. The van der Waals surface area contributed by atoms with E-state index in [0.29, 0.717) is 0 Å². The lowest BCUT2D eigenvalue weighted by atomic mass is 10.7. The Hall–Kier alpha value is 0.400. The molecule has 0 aromatic rings. The molecule has 12 heavy (non-hydrogen) atoms. The molecule has 0 bridgehead atoms. The van der Waals surface area contributed by atoms with E-state index in [-0.39, 0.29) is 20.8 Å². The van der Waals surface area contributed by atoms with Crippen LogP contribution in [0.15, 0.2) is 0 Å². The summed E-state index contributed by atoms with van der Waals surface area (Å²) in [6.07, 6.45) is -0.783. The van der Waals surface area contributed by atoms with Crippen molar-refractivity contribution >= 4 is 57.1 Å². The third-order valence-corrected chi connectivity index (χ3v) is 2.06. The van der Waals surface area contributed by atoms with Crippen LogP contribution in [-0.2, 0) is 19.1 Å². The van der Waals surface area contributed by atoms with Crippen LogP contribution in [0, 0.1) is 0 Å². The highest BCUT2D eigenvalue weighted by molar-refractivity contribution is 14.1. The largest absolute Gasteiger partial charge is 0.425 e. The van der Waals surface area contributed by atoms with Crippen LogP contribution in [0.3, 0.4) is 0 Å². The molecule has 0 aromatic heterocycles. The van der Waals surface area contributed by atoms with E-state index in [9.17, 15) is 9.59 Å². The van der Waals surface area contributed by atoms with E-state index >= 15 is 0 Å². The molecule has 0 saturated carbocycles. The second-order valence-corrected chi connectivity index (χ2v) is 3.34. The zero-order chi connectivity index (χ0) is 9.56. The highest BCUT2D eigenvalue weighted by Crippen LogP contribution is 1.98. The molecule has 0 amide bonds. The maximum absolute atomic E-state index is 10.7. The van der Waals surface area contributed by atoms with Gasteiger partial charge in [0.15, 0.2) is 0 Å². The molecule has 0 N–H and O–H groups in total. The fourth-order valence-corrected chi connectivity index (χ4v) is 0.817. The molecule has 0 aliphatic rings. The first-order valence-electron chi connectivity index (χ1n) is 3.11. The topological polar surface area (TPSA) is 52.6 Å². The van der Waals surface area contributed by atoms with Crippen molar-refractivity contribution in [3.63, 3.8) is 0 Å². The Labute approximate surface area is 97.6 Å². The molecule has 0 fully saturated rings.